The summed E-state index contributed by atoms with van der Waals surface area (Å²) in [5.74, 6) is 0. The molecule has 0 amide bonds. The molecule has 53 heavy (non-hydrogen) atoms. The van der Waals surface area contributed by atoms with E-state index in [4.69, 9.17) is 0 Å². The van der Waals surface area contributed by atoms with E-state index in [0.717, 1.165) is 17.8 Å². The van der Waals surface area contributed by atoms with Crippen LogP contribution >= 0.6 is 0 Å². The Morgan fingerprint density at radius 1 is 0.472 bits per heavy atom. The van der Waals surface area contributed by atoms with Gasteiger partial charge >= 0.3 is 0 Å². The highest BCUT2D eigenvalue weighted by Gasteiger charge is 2.37. The van der Waals surface area contributed by atoms with E-state index in [1.165, 1.54) is 61.6 Å². The summed E-state index contributed by atoms with van der Waals surface area (Å²) in [6, 6.07) is 64.4. The Bertz CT molecular complexity index is 2470. The molecule has 0 aromatic heterocycles. The minimum Gasteiger partial charge on any atom is -0.334 e. The van der Waals surface area contributed by atoms with Gasteiger partial charge in [-0.2, -0.15) is 0 Å². The molecule has 0 saturated heterocycles. The van der Waals surface area contributed by atoms with E-state index in [2.05, 4.69) is 224 Å². The summed E-state index contributed by atoms with van der Waals surface area (Å²) in [5.41, 5.74) is 15.9. The first kappa shape index (κ1) is 32.5. The minimum atomic E-state index is -0.0772. The summed E-state index contributed by atoms with van der Waals surface area (Å²) in [6.07, 6.45) is 9.83. The number of benzene rings is 7. The van der Waals surface area contributed by atoms with E-state index < -0.39 is 0 Å². The predicted molar refractivity (Wildman–Crippen MR) is 225 cm³/mol. The van der Waals surface area contributed by atoms with Crippen LogP contribution in [-0.4, -0.2) is 6.04 Å². The van der Waals surface area contributed by atoms with Crippen molar-refractivity contribution in [1.29, 1.82) is 0 Å². The number of allylic oxidation sites excluding steroid dienone is 2. The van der Waals surface area contributed by atoms with E-state index in [0.29, 0.717) is 0 Å². The molecule has 2 heteroatoms. The number of hydrogen-bond donors (Lipinski definition) is 0. The lowest BCUT2D eigenvalue weighted by Gasteiger charge is -2.33. The molecule has 2 aliphatic rings. The average Bonchev–Trinajstić information content (AvgIpc) is 3.46. The van der Waals surface area contributed by atoms with Crippen LogP contribution in [0.5, 0.6) is 0 Å². The van der Waals surface area contributed by atoms with Crippen LogP contribution in [0.15, 0.2) is 200 Å². The topological polar surface area (TPSA) is 6.48 Å². The fraction of sp³-hybridized carbons (Fsp3) is 0.0980. The fourth-order valence-corrected chi connectivity index (χ4v) is 8.34. The second kappa shape index (κ2) is 13.6. The van der Waals surface area contributed by atoms with Crippen LogP contribution in [0.4, 0.5) is 28.4 Å². The molecule has 0 radical (unpaired) electrons. The molecule has 0 aliphatic heterocycles. The predicted octanol–water partition coefficient (Wildman–Crippen LogP) is 13.8. The van der Waals surface area contributed by atoms with Crippen molar-refractivity contribution in [3.63, 3.8) is 0 Å². The summed E-state index contributed by atoms with van der Waals surface area (Å²) in [7, 11) is 0. The standard InChI is InChI=1S/C51H42N2/c1-51(2)47-31-13-12-30-46(47)50-48(51)32-17-33-49(50)53(43-26-10-5-11-27-43)45-29-16-21-40(36-45)38-19-14-18-37(34-38)39-20-15-28-44(35-39)52(41-22-6-3-7-23-41)42-24-8-4-9-25-42/h3-24,26-36,42H,25H2,1-2H3. The molecule has 256 valence electrons. The summed E-state index contributed by atoms with van der Waals surface area (Å²) >= 11 is 0. The smallest absolute Gasteiger partial charge is 0.0559 e. The van der Waals surface area contributed by atoms with Gasteiger partial charge in [0.15, 0.2) is 0 Å². The Morgan fingerprint density at radius 3 is 1.72 bits per heavy atom. The Balaban J connectivity index is 1.11. The zero-order valence-electron chi connectivity index (χ0n) is 30.2. The minimum absolute atomic E-state index is 0.0772. The van der Waals surface area contributed by atoms with Gasteiger partial charge in [0.1, 0.15) is 0 Å². The van der Waals surface area contributed by atoms with Crippen molar-refractivity contribution in [2.75, 3.05) is 9.80 Å². The van der Waals surface area contributed by atoms with Crippen LogP contribution < -0.4 is 9.80 Å². The van der Waals surface area contributed by atoms with Crippen LogP contribution in [0.1, 0.15) is 31.4 Å². The molecule has 7 aromatic carbocycles. The fourth-order valence-electron chi connectivity index (χ4n) is 8.34. The van der Waals surface area contributed by atoms with Crippen LogP contribution in [0.3, 0.4) is 0 Å². The zero-order chi connectivity index (χ0) is 35.8. The van der Waals surface area contributed by atoms with Crippen molar-refractivity contribution in [2.24, 2.45) is 0 Å². The van der Waals surface area contributed by atoms with Gasteiger partial charge in [-0.15, -0.1) is 0 Å². The zero-order valence-corrected chi connectivity index (χ0v) is 30.2. The first-order chi connectivity index (χ1) is 26.1. The van der Waals surface area contributed by atoms with E-state index in [1.807, 2.05) is 0 Å². The number of anilines is 5. The van der Waals surface area contributed by atoms with Gasteiger partial charge in [0.25, 0.3) is 0 Å². The molecule has 7 aromatic rings. The number of hydrogen-bond acceptors (Lipinski definition) is 2. The Kier molecular flexibility index (Phi) is 8.37. The normalized spacial score (nSPS) is 15.1. The maximum Gasteiger partial charge on any atom is 0.0559 e. The molecule has 0 N–H and O–H groups in total. The van der Waals surface area contributed by atoms with Gasteiger partial charge in [-0.3, -0.25) is 0 Å². The Hall–Kier alpha value is -6.38. The van der Waals surface area contributed by atoms with Gasteiger partial charge < -0.3 is 9.80 Å². The molecule has 1 unspecified atom stereocenters. The number of rotatable bonds is 8. The lowest BCUT2D eigenvalue weighted by Crippen LogP contribution is -2.29. The quantitative estimate of drug-likeness (QED) is 0.157. The summed E-state index contributed by atoms with van der Waals surface area (Å²) < 4.78 is 0. The van der Waals surface area contributed by atoms with E-state index in [-0.39, 0.29) is 11.5 Å². The lowest BCUT2D eigenvalue weighted by molar-refractivity contribution is 0.660. The molecular formula is C51H42N2. The highest BCUT2D eigenvalue weighted by molar-refractivity contribution is 5.95. The third-order valence-corrected chi connectivity index (χ3v) is 10.9. The second-order valence-corrected chi connectivity index (χ2v) is 14.5. The number of nitrogens with zero attached hydrogens (tertiary/aromatic N) is 2. The number of para-hydroxylation sites is 2. The second-order valence-electron chi connectivity index (χ2n) is 14.5. The van der Waals surface area contributed by atoms with Crippen molar-refractivity contribution < 1.29 is 0 Å². The molecule has 9 rings (SSSR count). The Labute approximate surface area is 313 Å². The third kappa shape index (κ3) is 5.97. The van der Waals surface area contributed by atoms with Crippen LogP contribution in [0.25, 0.3) is 33.4 Å². The molecule has 2 aliphatic carbocycles. The summed E-state index contributed by atoms with van der Waals surface area (Å²) in [6.45, 7) is 4.70. The maximum atomic E-state index is 2.45. The van der Waals surface area contributed by atoms with Gasteiger partial charge in [-0.05, 0) is 106 Å². The first-order valence-corrected chi connectivity index (χ1v) is 18.6. The highest BCUT2D eigenvalue weighted by atomic mass is 15.2. The molecule has 0 heterocycles. The molecule has 0 spiro atoms. The summed E-state index contributed by atoms with van der Waals surface area (Å²) in [4.78, 5) is 4.88. The lowest BCUT2D eigenvalue weighted by atomic mass is 9.82. The van der Waals surface area contributed by atoms with Gasteiger partial charge in [0.05, 0.1) is 11.7 Å². The molecule has 1 atom stereocenters. The van der Waals surface area contributed by atoms with Gasteiger partial charge in [0, 0.05) is 33.7 Å². The van der Waals surface area contributed by atoms with Crippen molar-refractivity contribution in [1.82, 2.24) is 0 Å². The van der Waals surface area contributed by atoms with Crippen molar-refractivity contribution in [3.8, 4) is 33.4 Å². The number of fused-ring (bicyclic) bond motifs is 3. The summed E-state index contributed by atoms with van der Waals surface area (Å²) in [5, 5.41) is 0. The largest absolute Gasteiger partial charge is 0.334 e. The monoisotopic (exact) mass is 682 g/mol. The molecule has 0 bridgehead atoms. The van der Waals surface area contributed by atoms with Crippen LogP contribution in [-0.2, 0) is 5.41 Å². The molecular weight excluding hydrogens is 641 g/mol. The van der Waals surface area contributed by atoms with Crippen molar-refractivity contribution >= 4 is 28.4 Å². The van der Waals surface area contributed by atoms with Gasteiger partial charge in [-0.1, -0.05) is 153 Å². The van der Waals surface area contributed by atoms with Gasteiger partial charge in [-0.25, -0.2) is 0 Å². The van der Waals surface area contributed by atoms with Gasteiger partial charge in [0.2, 0.25) is 0 Å². The van der Waals surface area contributed by atoms with E-state index >= 15 is 0 Å². The third-order valence-electron chi connectivity index (χ3n) is 10.9. The maximum absolute atomic E-state index is 2.45. The Morgan fingerprint density at radius 2 is 1.02 bits per heavy atom. The van der Waals surface area contributed by atoms with E-state index in [9.17, 15) is 0 Å². The van der Waals surface area contributed by atoms with Crippen molar-refractivity contribution in [2.45, 2.75) is 31.7 Å². The SMILES string of the molecule is CC1(C)c2ccccc2-c2c(N(c3ccccc3)c3cccc(-c4cccc(-c5cccc(N(c6ccccc6)C6C=CC=CC6)c5)c4)c3)cccc21. The molecule has 0 fully saturated rings. The average molecular weight is 683 g/mol. The molecule has 0 saturated carbocycles. The van der Waals surface area contributed by atoms with E-state index in [1.54, 1.807) is 0 Å². The molecule has 2 nitrogen and oxygen atoms in total. The van der Waals surface area contributed by atoms with Crippen molar-refractivity contribution in [3.05, 3.63) is 211 Å². The first-order valence-electron chi connectivity index (χ1n) is 18.6. The van der Waals surface area contributed by atoms with Crippen LogP contribution in [0, 0.1) is 0 Å². The van der Waals surface area contributed by atoms with Crippen LogP contribution in [0.2, 0.25) is 0 Å². The highest BCUT2D eigenvalue weighted by Crippen LogP contribution is 2.54.